The van der Waals surface area contributed by atoms with E-state index in [4.69, 9.17) is 4.74 Å². The lowest BCUT2D eigenvalue weighted by molar-refractivity contribution is -0.177. The number of fused-ring (bicyclic) bond motifs is 1. The number of ether oxygens (including phenoxy) is 1. The monoisotopic (exact) mass is 1120 g/mol. The molecule has 12 atom stereocenters. The topological polar surface area (TPSA) is 256 Å². The normalized spacial score (nSPS) is 26.7. The summed E-state index contributed by atoms with van der Waals surface area (Å²) in [4.78, 5) is 140. The summed E-state index contributed by atoms with van der Waals surface area (Å²) >= 11 is 0. The number of aliphatic hydroxyl groups excluding tert-OH is 1. The molecule has 2 saturated heterocycles. The van der Waals surface area contributed by atoms with Crippen molar-refractivity contribution in [2.75, 3.05) is 34.7 Å². The minimum absolute atomic E-state index is 0.0595. The van der Waals surface area contributed by atoms with Gasteiger partial charge in [-0.15, -0.1) is 0 Å². The average molecular weight is 1120 g/mol. The Morgan fingerprint density at radius 1 is 0.600 bits per heavy atom. The van der Waals surface area contributed by atoms with Crippen LogP contribution in [0.15, 0.2) is 60.7 Å². The Bertz CT molecular complexity index is 2470. The molecule has 80 heavy (non-hydrogen) atoms. The Labute approximate surface area is 474 Å². The number of nitrogens with zero attached hydrogens (tertiary/aromatic N) is 5. The SMILES string of the molecule is CCC(C)C1OC(=O)[C@H](C(C)(C)O)N(C)C(=O)[C@H](CC(C)C)NC(=O)[C@H](C(C)C)N(C)C(=O)[C@H]([C@H](C)CC)NC(=O)[C@@H]2CCCN2C(=O)[C@H](C(O)c2ccccc2)N(C)C(=O)[C@H](Cc2ccccc2)NC(=O)[C@H](C(C)C)N(C)C1=O. The fourth-order valence-electron chi connectivity index (χ4n) is 11.0. The van der Waals surface area contributed by atoms with Crippen molar-refractivity contribution in [2.24, 2.45) is 29.6 Å². The maximum Gasteiger partial charge on any atom is 0.332 e. The maximum absolute atomic E-state index is 15.3. The van der Waals surface area contributed by atoms with Gasteiger partial charge in [-0.05, 0) is 74.3 Å². The van der Waals surface area contributed by atoms with E-state index in [-0.39, 0.29) is 37.3 Å². The van der Waals surface area contributed by atoms with Crippen LogP contribution >= 0.6 is 0 Å². The number of benzene rings is 2. The summed E-state index contributed by atoms with van der Waals surface area (Å²) in [6, 6.07) is 6.14. The first-order chi connectivity index (χ1) is 37.4. The van der Waals surface area contributed by atoms with Crippen LogP contribution in [0.4, 0.5) is 0 Å². The standard InChI is InChI=1S/C60H92N8O12/c1-17-37(9)44-56(75)64(13)45(35(5)6)52(71)61-41(32-34(3)4)55(74)67(16)50(60(11,12)79)59(78)80-49(38(10)18-2)58(77)65(14)46(36(7)8)53(72)62-42(33-39-26-21-19-22-27-39)54(73)66(15)47(48(69)40-28-23-20-24-29-40)57(76)68-31-25-30-43(68)51(70)63-44/h19-24,26-29,34-38,41-50,69,79H,17-18,25,30-33H2,1-16H3,(H,61,71)(H,62,72)(H,63,70)/t37-,38?,41+,42+,43+,44+,45+,46+,47+,48?,49?,50-/m1/s1. The number of amides is 8. The number of carbonyl (C=O) groups excluding carboxylic acids is 9. The molecule has 0 radical (unpaired) electrons. The van der Waals surface area contributed by atoms with Gasteiger partial charge in [0.25, 0.3) is 5.91 Å². The van der Waals surface area contributed by atoms with Crippen LogP contribution in [-0.2, 0) is 54.3 Å². The molecule has 0 spiro atoms. The smallest absolute Gasteiger partial charge is 0.332 e. The van der Waals surface area contributed by atoms with Crippen LogP contribution in [0.25, 0.3) is 0 Å². The number of aliphatic hydroxyl groups is 2. The molecule has 2 aliphatic rings. The van der Waals surface area contributed by atoms with Crippen LogP contribution in [-0.4, -0.2) is 183 Å². The summed E-state index contributed by atoms with van der Waals surface area (Å²) < 4.78 is 6.08. The molecule has 3 unspecified atom stereocenters. The Balaban J connectivity index is 2.00. The van der Waals surface area contributed by atoms with Gasteiger partial charge in [0.2, 0.25) is 41.4 Å². The number of cyclic esters (lactones) is 1. The highest BCUT2D eigenvalue weighted by molar-refractivity contribution is 5.99. The van der Waals surface area contributed by atoms with Crippen molar-refractivity contribution < 1.29 is 58.1 Å². The van der Waals surface area contributed by atoms with Crippen molar-refractivity contribution in [2.45, 2.75) is 188 Å². The van der Waals surface area contributed by atoms with E-state index in [0.717, 1.165) is 14.7 Å². The first kappa shape index (κ1) is 66.1. The molecule has 0 aliphatic carbocycles. The van der Waals surface area contributed by atoms with Gasteiger partial charge in [0, 0.05) is 47.1 Å². The van der Waals surface area contributed by atoms with Gasteiger partial charge in [-0.1, -0.05) is 136 Å². The number of esters is 1. The zero-order valence-corrected chi connectivity index (χ0v) is 50.1. The first-order valence-electron chi connectivity index (χ1n) is 28.4. The van der Waals surface area contributed by atoms with Crippen LogP contribution in [0.1, 0.15) is 132 Å². The summed E-state index contributed by atoms with van der Waals surface area (Å²) in [7, 11) is 5.45. The highest BCUT2D eigenvalue weighted by Gasteiger charge is 2.49. The van der Waals surface area contributed by atoms with Crippen LogP contribution in [0.5, 0.6) is 0 Å². The van der Waals surface area contributed by atoms with Crippen LogP contribution in [0.3, 0.4) is 0 Å². The molecule has 2 heterocycles. The molecule has 2 aromatic rings. The Hall–Kier alpha value is -6.41. The number of carbonyl (C=O) groups is 9. The number of hydrogen-bond donors (Lipinski definition) is 5. The second-order valence-electron chi connectivity index (χ2n) is 23.8. The minimum atomic E-state index is -1.99. The molecule has 2 aliphatic heterocycles. The highest BCUT2D eigenvalue weighted by Crippen LogP contribution is 2.30. The van der Waals surface area contributed by atoms with Crippen LogP contribution in [0, 0.1) is 29.6 Å². The van der Waals surface area contributed by atoms with Crippen molar-refractivity contribution >= 4 is 53.2 Å². The van der Waals surface area contributed by atoms with E-state index < -0.39 is 143 Å². The summed E-state index contributed by atoms with van der Waals surface area (Å²) in [5, 5.41) is 32.6. The molecule has 0 bridgehead atoms. The zero-order valence-electron chi connectivity index (χ0n) is 50.1. The van der Waals surface area contributed by atoms with E-state index in [9.17, 15) is 43.8 Å². The lowest BCUT2D eigenvalue weighted by atomic mass is 9.93. The second kappa shape index (κ2) is 28.8. The minimum Gasteiger partial charge on any atom is -0.450 e. The third-order valence-corrected chi connectivity index (χ3v) is 15.9. The fourth-order valence-corrected chi connectivity index (χ4v) is 11.0. The summed E-state index contributed by atoms with van der Waals surface area (Å²) in [6.07, 6.45) is -1.96. The number of rotatable bonds is 13. The third-order valence-electron chi connectivity index (χ3n) is 15.9. The van der Waals surface area contributed by atoms with Gasteiger partial charge in [0.05, 0.1) is 5.60 Å². The van der Waals surface area contributed by atoms with Crippen molar-refractivity contribution in [3.63, 3.8) is 0 Å². The van der Waals surface area contributed by atoms with Gasteiger partial charge in [-0.2, -0.15) is 0 Å². The predicted molar refractivity (Wildman–Crippen MR) is 303 cm³/mol. The quantitative estimate of drug-likeness (QED) is 0.179. The summed E-state index contributed by atoms with van der Waals surface area (Å²) in [5.41, 5.74) is -1.07. The fraction of sp³-hybridized carbons (Fsp3) is 0.650. The molecular formula is C60H92N8O12. The first-order valence-corrected chi connectivity index (χ1v) is 28.4. The Morgan fingerprint density at radius 3 is 1.59 bits per heavy atom. The molecule has 0 aromatic heterocycles. The second-order valence-corrected chi connectivity index (χ2v) is 23.8. The van der Waals surface area contributed by atoms with E-state index >= 15 is 9.59 Å². The van der Waals surface area contributed by atoms with Gasteiger partial charge < -0.3 is 55.4 Å². The van der Waals surface area contributed by atoms with Gasteiger partial charge in [0.1, 0.15) is 48.4 Å². The largest absolute Gasteiger partial charge is 0.450 e. The molecule has 20 heteroatoms. The molecule has 0 saturated carbocycles. The van der Waals surface area contributed by atoms with Crippen molar-refractivity contribution in [1.29, 1.82) is 0 Å². The molecule has 8 amide bonds. The van der Waals surface area contributed by atoms with Crippen molar-refractivity contribution in [3.8, 4) is 0 Å². The van der Waals surface area contributed by atoms with E-state index in [1.54, 1.807) is 109 Å². The molecule has 2 aromatic carbocycles. The Morgan fingerprint density at radius 2 is 1.09 bits per heavy atom. The zero-order chi connectivity index (χ0) is 60.2. The van der Waals surface area contributed by atoms with Gasteiger partial charge >= 0.3 is 5.97 Å². The van der Waals surface area contributed by atoms with E-state index in [2.05, 4.69) is 16.0 Å². The lowest BCUT2D eigenvalue weighted by Gasteiger charge is -2.39. The maximum atomic E-state index is 15.3. The summed E-state index contributed by atoms with van der Waals surface area (Å²) in [6.45, 7) is 20.3. The lowest BCUT2D eigenvalue weighted by Crippen LogP contribution is -2.63. The van der Waals surface area contributed by atoms with Crippen LogP contribution < -0.4 is 16.0 Å². The van der Waals surface area contributed by atoms with Gasteiger partial charge in [0.15, 0.2) is 12.1 Å². The van der Waals surface area contributed by atoms with Gasteiger partial charge in [-0.25, -0.2) is 4.79 Å². The molecular weight excluding hydrogens is 1020 g/mol. The molecule has 5 N–H and O–H groups in total. The molecule has 444 valence electrons. The van der Waals surface area contributed by atoms with Gasteiger partial charge in [-0.3, -0.25) is 38.4 Å². The Kier molecular flexibility index (Phi) is 23.8. The molecule has 20 nitrogen and oxygen atoms in total. The molecule has 2 fully saturated rings. The number of likely N-dealkylation sites (N-methyl/N-ethyl adjacent to an activating group) is 4. The van der Waals surface area contributed by atoms with Crippen molar-refractivity contribution in [1.82, 2.24) is 40.4 Å². The summed E-state index contributed by atoms with van der Waals surface area (Å²) in [5.74, 6) is -9.51. The van der Waals surface area contributed by atoms with Crippen LogP contribution in [0.2, 0.25) is 0 Å². The molecule has 4 rings (SSSR count). The van der Waals surface area contributed by atoms with Crippen molar-refractivity contribution in [3.05, 3.63) is 71.8 Å². The van der Waals surface area contributed by atoms with E-state index in [1.807, 2.05) is 20.8 Å². The predicted octanol–water partition coefficient (Wildman–Crippen LogP) is 3.86. The number of hydrogen-bond acceptors (Lipinski definition) is 12. The average Bonchev–Trinajstić information content (AvgIpc) is 3.90. The van der Waals surface area contributed by atoms with E-state index in [0.29, 0.717) is 24.8 Å². The number of nitrogens with one attached hydrogen (secondary N) is 3. The highest BCUT2D eigenvalue weighted by atomic mass is 16.6. The third kappa shape index (κ3) is 15.9. The van der Waals surface area contributed by atoms with E-state index in [1.165, 1.54) is 51.8 Å².